The summed E-state index contributed by atoms with van der Waals surface area (Å²) in [6.07, 6.45) is -0.638. The number of hydrogen-bond acceptors (Lipinski definition) is 5. The van der Waals surface area contributed by atoms with Crippen molar-refractivity contribution in [3.05, 3.63) is 46.8 Å². The second kappa shape index (κ2) is 7.35. The van der Waals surface area contributed by atoms with Gasteiger partial charge in [0, 0.05) is 23.7 Å². The maximum atomic E-state index is 11.9. The van der Waals surface area contributed by atoms with Crippen LogP contribution in [0.4, 0.5) is 5.69 Å². The fraction of sp³-hybridized carbons (Fsp3) is 0.250. The van der Waals surface area contributed by atoms with E-state index in [2.05, 4.69) is 15.5 Å². The largest absolute Gasteiger partial charge is 0.453 e. The zero-order valence-electron chi connectivity index (χ0n) is 12.8. The summed E-state index contributed by atoms with van der Waals surface area (Å²) in [5, 5.41) is 8.95. The van der Waals surface area contributed by atoms with E-state index in [1.807, 2.05) is 0 Å². The maximum absolute atomic E-state index is 11.9. The van der Waals surface area contributed by atoms with Crippen LogP contribution in [0.5, 0.6) is 0 Å². The lowest BCUT2D eigenvalue weighted by Gasteiger charge is -2.13. The molecule has 0 saturated carbocycles. The molecule has 0 spiro atoms. The van der Waals surface area contributed by atoms with Crippen molar-refractivity contribution in [1.29, 1.82) is 0 Å². The molecule has 1 unspecified atom stereocenters. The Morgan fingerprint density at radius 2 is 1.91 bits per heavy atom. The first-order chi connectivity index (χ1) is 11.0. The van der Waals surface area contributed by atoms with E-state index in [4.69, 9.17) is 4.74 Å². The summed E-state index contributed by atoms with van der Waals surface area (Å²) in [6.45, 7) is 3.18. The van der Waals surface area contributed by atoms with Crippen molar-refractivity contribution in [2.45, 2.75) is 26.4 Å². The highest BCUT2D eigenvalue weighted by atomic mass is 16.5. The molecule has 1 aromatic heterocycles. The average Bonchev–Trinajstić information content (AvgIpc) is 2.56. The summed E-state index contributed by atoms with van der Waals surface area (Å²) in [4.78, 5) is 34.1. The first-order valence-corrected chi connectivity index (χ1v) is 7.16. The molecule has 0 radical (unpaired) electrons. The number of benzene rings is 1. The van der Waals surface area contributed by atoms with E-state index in [9.17, 15) is 14.4 Å². The molecule has 1 amide bonds. The Morgan fingerprint density at radius 1 is 1.22 bits per heavy atom. The third-order valence-corrected chi connectivity index (χ3v) is 3.09. The fourth-order valence-corrected chi connectivity index (χ4v) is 1.81. The van der Waals surface area contributed by atoms with E-state index >= 15 is 0 Å². The highest BCUT2D eigenvalue weighted by Gasteiger charge is 2.16. The van der Waals surface area contributed by atoms with Crippen LogP contribution in [0.3, 0.4) is 0 Å². The minimum Gasteiger partial charge on any atom is -0.453 e. The monoisotopic (exact) mass is 315 g/mol. The van der Waals surface area contributed by atoms with E-state index in [1.54, 1.807) is 37.3 Å². The molecule has 1 atom stereocenters. The number of amides is 1. The summed E-state index contributed by atoms with van der Waals surface area (Å²) < 4.78 is 4.94. The average molecular weight is 315 g/mol. The minimum absolute atomic E-state index is 0.221. The van der Waals surface area contributed by atoms with Crippen LogP contribution in [-0.2, 0) is 14.3 Å². The molecule has 7 heteroatoms. The quantitative estimate of drug-likeness (QED) is 0.818. The first-order valence-electron chi connectivity index (χ1n) is 7.16. The lowest BCUT2D eigenvalue weighted by atomic mass is 10.1. The van der Waals surface area contributed by atoms with E-state index in [-0.39, 0.29) is 12.0 Å². The summed E-state index contributed by atoms with van der Waals surface area (Å²) in [7, 11) is 0. The van der Waals surface area contributed by atoms with E-state index in [0.29, 0.717) is 11.4 Å². The second-order valence-corrected chi connectivity index (χ2v) is 4.86. The van der Waals surface area contributed by atoms with Crippen molar-refractivity contribution < 1.29 is 14.3 Å². The third kappa shape index (κ3) is 4.50. The van der Waals surface area contributed by atoms with Crippen LogP contribution >= 0.6 is 0 Å². The highest BCUT2D eigenvalue weighted by Crippen LogP contribution is 2.18. The van der Waals surface area contributed by atoms with Crippen LogP contribution in [0.15, 0.2) is 41.2 Å². The molecule has 0 saturated heterocycles. The zero-order valence-corrected chi connectivity index (χ0v) is 12.8. The van der Waals surface area contributed by atoms with Gasteiger partial charge >= 0.3 is 5.97 Å². The van der Waals surface area contributed by atoms with Gasteiger partial charge < -0.3 is 10.1 Å². The molecule has 23 heavy (non-hydrogen) atoms. The number of nitrogens with one attached hydrogen (secondary N) is 2. The topological polar surface area (TPSA) is 101 Å². The Hall–Kier alpha value is -2.96. The Balaban J connectivity index is 2.02. The number of ether oxygens (including phenoxy) is 1. The van der Waals surface area contributed by atoms with Gasteiger partial charge in [-0.05, 0) is 25.1 Å². The van der Waals surface area contributed by atoms with Crippen molar-refractivity contribution in [2.75, 3.05) is 5.32 Å². The lowest BCUT2D eigenvalue weighted by Crippen LogP contribution is -2.29. The molecular weight excluding hydrogens is 298 g/mol. The molecule has 1 heterocycles. The normalized spacial score (nSPS) is 11.6. The summed E-state index contributed by atoms with van der Waals surface area (Å²) in [5.74, 6) is -0.825. The van der Waals surface area contributed by atoms with Crippen molar-refractivity contribution in [3.8, 4) is 11.3 Å². The smallest absolute Gasteiger partial charge is 0.306 e. The Kier molecular flexibility index (Phi) is 5.24. The molecule has 2 aromatic rings. The van der Waals surface area contributed by atoms with Gasteiger partial charge in [0.25, 0.3) is 11.5 Å². The number of anilines is 1. The van der Waals surface area contributed by atoms with Crippen LogP contribution < -0.4 is 10.9 Å². The van der Waals surface area contributed by atoms with Crippen molar-refractivity contribution in [2.24, 2.45) is 0 Å². The molecular formula is C16H17N3O4. The maximum Gasteiger partial charge on any atom is 0.306 e. The molecule has 0 bridgehead atoms. The predicted molar refractivity (Wildman–Crippen MR) is 84.8 cm³/mol. The number of esters is 1. The van der Waals surface area contributed by atoms with Gasteiger partial charge in [-0.3, -0.25) is 14.4 Å². The van der Waals surface area contributed by atoms with E-state index in [0.717, 1.165) is 5.56 Å². The number of aromatic amines is 1. The van der Waals surface area contributed by atoms with Gasteiger partial charge in [-0.25, -0.2) is 5.10 Å². The second-order valence-electron chi connectivity index (χ2n) is 4.86. The van der Waals surface area contributed by atoms with Crippen molar-refractivity contribution in [3.63, 3.8) is 0 Å². The van der Waals surface area contributed by atoms with Crippen molar-refractivity contribution in [1.82, 2.24) is 10.2 Å². The number of nitrogens with zero attached hydrogens (tertiary/aromatic N) is 1. The third-order valence-electron chi connectivity index (χ3n) is 3.09. The van der Waals surface area contributed by atoms with Crippen LogP contribution in [0.1, 0.15) is 20.3 Å². The molecule has 2 N–H and O–H groups in total. The first kappa shape index (κ1) is 16.4. The highest BCUT2D eigenvalue weighted by molar-refractivity contribution is 5.95. The molecule has 120 valence electrons. The molecule has 0 aliphatic heterocycles. The zero-order chi connectivity index (χ0) is 16.8. The number of H-pyrrole nitrogens is 1. The van der Waals surface area contributed by atoms with Crippen LogP contribution in [0, 0.1) is 0 Å². The van der Waals surface area contributed by atoms with Crippen LogP contribution in [0.25, 0.3) is 11.3 Å². The van der Waals surface area contributed by atoms with E-state index in [1.165, 1.54) is 13.0 Å². The molecule has 1 aromatic carbocycles. The number of rotatable bonds is 5. The van der Waals surface area contributed by atoms with E-state index < -0.39 is 18.0 Å². The van der Waals surface area contributed by atoms with Crippen molar-refractivity contribution >= 4 is 17.6 Å². The molecule has 7 nitrogen and oxygen atoms in total. The molecule has 0 aliphatic rings. The van der Waals surface area contributed by atoms with Gasteiger partial charge in [-0.15, -0.1) is 0 Å². The standard InChI is InChI=1S/C16H17N3O4/c1-3-15(21)23-10(2)16(22)17-12-6-4-11(5-7-12)13-8-9-14(20)19-18-13/h4-10H,3H2,1-2H3,(H,17,22)(H,19,20). The van der Waals surface area contributed by atoms with Gasteiger partial charge in [0.05, 0.1) is 5.69 Å². The lowest BCUT2D eigenvalue weighted by molar-refractivity contribution is -0.152. The number of carbonyl (C=O) groups excluding carboxylic acids is 2. The predicted octanol–water partition coefficient (Wildman–Crippen LogP) is 1.72. The number of hydrogen-bond donors (Lipinski definition) is 2. The fourth-order valence-electron chi connectivity index (χ4n) is 1.81. The van der Waals surface area contributed by atoms with Gasteiger partial charge in [0.2, 0.25) is 0 Å². The van der Waals surface area contributed by atoms with Gasteiger partial charge in [-0.1, -0.05) is 19.1 Å². The SMILES string of the molecule is CCC(=O)OC(C)C(=O)Nc1ccc(-c2ccc(=O)[nH]n2)cc1. The summed E-state index contributed by atoms with van der Waals surface area (Å²) >= 11 is 0. The number of aromatic nitrogens is 2. The summed E-state index contributed by atoms with van der Waals surface area (Å²) in [5.41, 5.74) is 1.72. The Morgan fingerprint density at radius 3 is 2.48 bits per heavy atom. The van der Waals surface area contributed by atoms with Gasteiger partial charge in [-0.2, -0.15) is 5.10 Å². The minimum atomic E-state index is -0.858. The molecule has 2 rings (SSSR count). The molecule has 0 fully saturated rings. The number of carbonyl (C=O) groups is 2. The van der Waals surface area contributed by atoms with Crippen LogP contribution in [0.2, 0.25) is 0 Å². The summed E-state index contributed by atoms with van der Waals surface area (Å²) in [6, 6.07) is 9.93. The van der Waals surface area contributed by atoms with Crippen LogP contribution in [-0.4, -0.2) is 28.2 Å². The Bertz CT molecular complexity index is 732. The Labute approximate surface area is 132 Å². The van der Waals surface area contributed by atoms with Gasteiger partial charge in [0.1, 0.15) is 0 Å². The van der Waals surface area contributed by atoms with Gasteiger partial charge in [0.15, 0.2) is 6.10 Å². The molecule has 0 aliphatic carbocycles.